The number of aliphatic carboxylic acids is 1. The molecule has 0 amide bonds. The highest BCUT2D eigenvalue weighted by atomic mass is 16.5. The van der Waals surface area contributed by atoms with E-state index in [1.54, 1.807) is 7.11 Å². The van der Waals surface area contributed by atoms with E-state index in [0.717, 1.165) is 32.7 Å². The first kappa shape index (κ1) is 12.4. The van der Waals surface area contributed by atoms with Gasteiger partial charge in [-0.1, -0.05) is 0 Å². The number of nitrogens with zero attached hydrogens (tertiary/aromatic N) is 1. The van der Waals surface area contributed by atoms with E-state index in [9.17, 15) is 4.79 Å². The van der Waals surface area contributed by atoms with Crippen molar-refractivity contribution in [1.29, 1.82) is 0 Å². The van der Waals surface area contributed by atoms with Crippen LogP contribution in [0, 0.1) is 0 Å². The van der Waals surface area contributed by atoms with E-state index in [1.807, 2.05) is 0 Å². The first-order valence-corrected chi connectivity index (χ1v) is 5.39. The summed E-state index contributed by atoms with van der Waals surface area (Å²) in [5.41, 5.74) is 0. The lowest BCUT2D eigenvalue weighted by atomic mass is 10.2. The van der Waals surface area contributed by atoms with Crippen molar-refractivity contribution in [2.75, 3.05) is 39.9 Å². The zero-order valence-electron chi connectivity index (χ0n) is 9.24. The van der Waals surface area contributed by atoms with Gasteiger partial charge in [0.25, 0.3) is 0 Å². The lowest BCUT2D eigenvalue weighted by Crippen LogP contribution is -2.34. The van der Waals surface area contributed by atoms with Gasteiger partial charge in [-0.2, -0.15) is 0 Å². The quantitative estimate of drug-likeness (QED) is 0.615. The fourth-order valence-corrected chi connectivity index (χ4v) is 1.81. The highest BCUT2D eigenvalue weighted by Gasteiger charge is 2.21. The monoisotopic (exact) mass is 216 g/mol. The summed E-state index contributed by atoms with van der Waals surface area (Å²) in [6, 6.07) is 0.446. The fourth-order valence-electron chi connectivity index (χ4n) is 1.81. The molecule has 1 saturated heterocycles. The molecule has 0 saturated carbocycles. The van der Waals surface area contributed by atoms with Gasteiger partial charge in [-0.3, -0.25) is 9.69 Å². The molecule has 0 aromatic carbocycles. The van der Waals surface area contributed by atoms with Gasteiger partial charge in [0.15, 0.2) is 0 Å². The van der Waals surface area contributed by atoms with Crippen molar-refractivity contribution in [3.63, 3.8) is 0 Å². The molecule has 1 fully saturated rings. The van der Waals surface area contributed by atoms with E-state index in [4.69, 9.17) is 9.84 Å². The third kappa shape index (κ3) is 5.11. The molecular formula is C10H20N2O3. The Balaban J connectivity index is 2.05. The van der Waals surface area contributed by atoms with Gasteiger partial charge in [0, 0.05) is 32.8 Å². The van der Waals surface area contributed by atoms with Crippen molar-refractivity contribution in [3.8, 4) is 0 Å². The van der Waals surface area contributed by atoms with Gasteiger partial charge in [-0.15, -0.1) is 0 Å². The molecule has 0 bridgehead atoms. The third-order valence-corrected chi connectivity index (χ3v) is 2.66. The summed E-state index contributed by atoms with van der Waals surface area (Å²) in [4.78, 5) is 12.6. The number of nitrogens with one attached hydrogen (secondary N) is 1. The number of methoxy groups -OCH3 is 1. The highest BCUT2D eigenvalue weighted by molar-refractivity contribution is 5.66. The van der Waals surface area contributed by atoms with Crippen molar-refractivity contribution in [2.45, 2.75) is 18.9 Å². The zero-order valence-corrected chi connectivity index (χ0v) is 9.24. The molecule has 0 radical (unpaired) electrons. The predicted octanol–water partition coefficient (Wildman–Crippen LogP) is -0.229. The Morgan fingerprint density at radius 2 is 2.47 bits per heavy atom. The Kier molecular flexibility index (Phi) is 5.60. The van der Waals surface area contributed by atoms with Gasteiger partial charge in [0.1, 0.15) is 0 Å². The molecule has 1 aliphatic rings. The smallest absolute Gasteiger partial charge is 0.304 e. The molecule has 1 heterocycles. The Bertz CT molecular complexity index is 199. The van der Waals surface area contributed by atoms with E-state index in [-0.39, 0.29) is 6.42 Å². The number of hydrogen-bond acceptors (Lipinski definition) is 4. The number of ether oxygens (including phenoxy) is 1. The maximum absolute atomic E-state index is 10.3. The summed E-state index contributed by atoms with van der Waals surface area (Å²) in [7, 11) is 1.71. The SMILES string of the molecule is COCCN1CCC(NCCC(=O)O)C1. The molecule has 0 aromatic heterocycles. The van der Waals surface area contributed by atoms with Crippen LogP contribution in [0.3, 0.4) is 0 Å². The van der Waals surface area contributed by atoms with Crippen LogP contribution in [0.4, 0.5) is 0 Å². The summed E-state index contributed by atoms with van der Waals surface area (Å²) in [6.07, 6.45) is 1.30. The molecule has 1 rings (SSSR count). The number of carboxylic acids is 1. The Morgan fingerprint density at radius 3 is 3.13 bits per heavy atom. The highest BCUT2D eigenvalue weighted by Crippen LogP contribution is 2.08. The minimum Gasteiger partial charge on any atom is -0.481 e. The van der Waals surface area contributed by atoms with Crippen LogP contribution in [-0.4, -0.2) is 61.9 Å². The van der Waals surface area contributed by atoms with Gasteiger partial charge in [-0.05, 0) is 13.0 Å². The first-order chi connectivity index (χ1) is 7.22. The van der Waals surface area contributed by atoms with Crippen LogP contribution in [0.25, 0.3) is 0 Å². The maximum atomic E-state index is 10.3. The standard InChI is InChI=1S/C10H20N2O3/c1-15-7-6-12-5-3-9(8-12)11-4-2-10(13)14/h9,11H,2-8H2,1H3,(H,13,14). The summed E-state index contributed by atoms with van der Waals surface area (Å²) < 4.78 is 5.01. The Labute approximate surface area is 90.4 Å². The van der Waals surface area contributed by atoms with Crippen molar-refractivity contribution in [3.05, 3.63) is 0 Å². The fraction of sp³-hybridized carbons (Fsp3) is 0.900. The van der Waals surface area contributed by atoms with Crippen molar-refractivity contribution in [2.24, 2.45) is 0 Å². The molecule has 1 unspecified atom stereocenters. The molecule has 0 spiro atoms. The van der Waals surface area contributed by atoms with Crippen molar-refractivity contribution in [1.82, 2.24) is 10.2 Å². The number of carboxylic acid groups (broad SMARTS) is 1. The van der Waals surface area contributed by atoms with E-state index < -0.39 is 5.97 Å². The molecular weight excluding hydrogens is 196 g/mol. The third-order valence-electron chi connectivity index (χ3n) is 2.66. The van der Waals surface area contributed by atoms with E-state index >= 15 is 0 Å². The van der Waals surface area contributed by atoms with Crippen LogP contribution >= 0.6 is 0 Å². The lowest BCUT2D eigenvalue weighted by Gasteiger charge is -2.15. The average molecular weight is 216 g/mol. The molecule has 0 aromatic rings. The van der Waals surface area contributed by atoms with Crippen LogP contribution in [0.5, 0.6) is 0 Å². The second kappa shape index (κ2) is 6.76. The van der Waals surface area contributed by atoms with Crippen molar-refractivity contribution < 1.29 is 14.6 Å². The van der Waals surface area contributed by atoms with Crippen LogP contribution < -0.4 is 5.32 Å². The van der Waals surface area contributed by atoms with Crippen molar-refractivity contribution >= 4 is 5.97 Å². The summed E-state index contributed by atoms with van der Waals surface area (Å²) >= 11 is 0. The van der Waals surface area contributed by atoms with Gasteiger partial charge in [-0.25, -0.2) is 0 Å². The number of hydrogen-bond donors (Lipinski definition) is 2. The van der Waals surface area contributed by atoms with E-state index in [2.05, 4.69) is 10.2 Å². The normalized spacial score (nSPS) is 22.1. The first-order valence-electron chi connectivity index (χ1n) is 5.39. The Hall–Kier alpha value is -0.650. The molecule has 5 nitrogen and oxygen atoms in total. The van der Waals surface area contributed by atoms with Crippen LogP contribution in [0.15, 0.2) is 0 Å². The number of likely N-dealkylation sites (tertiary alicyclic amines) is 1. The van der Waals surface area contributed by atoms with Crippen LogP contribution in [-0.2, 0) is 9.53 Å². The summed E-state index contributed by atoms with van der Waals surface area (Å²) in [5.74, 6) is -0.739. The molecule has 5 heteroatoms. The number of carbonyl (C=O) groups is 1. The molecule has 2 N–H and O–H groups in total. The van der Waals surface area contributed by atoms with Crippen LogP contribution in [0.1, 0.15) is 12.8 Å². The minimum atomic E-state index is -0.739. The lowest BCUT2D eigenvalue weighted by molar-refractivity contribution is -0.136. The topological polar surface area (TPSA) is 61.8 Å². The second-order valence-electron chi connectivity index (χ2n) is 3.88. The van der Waals surface area contributed by atoms with Crippen LogP contribution in [0.2, 0.25) is 0 Å². The van der Waals surface area contributed by atoms with E-state index in [1.165, 1.54) is 0 Å². The molecule has 88 valence electrons. The Morgan fingerprint density at radius 1 is 1.67 bits per heavy atom. The van der Waals surface area contributed by atoms with E-state index in [0.29, 0.717) is 12.6 Å². The molecule has 0 aliphatic carbocycles. The average Bonchev–Trinajstić information content (AvgIpc) is 2.62. The van der Waals surface area contributed by atoms with Gasteiger partial charge >= 0.3 is 5.97 Å². The minimum absolute atomic E-state index is 0.203. The molecule has 1 atom stereocenters. The second-order valence-corrected chi connectivity index (χ2v) is 3.88. The van der Waals surface area contributed by atoms with Gasteiger partial charge < -0.3 is 15.2 Å². The zero-order chi connectivity index (χ0) is 11.1. The summed E-state index contributed by atoms with van der Waals surface area (Å²) in [5, 5.41) is 11.7. The van der Waals surface area contributed by atoms with Gasteiger partial charge in [0.2, 0.25) is 0 Å². The molecule has 1 aliphatic heterocycles. The summed E-state index contributed by atoms with van der Waals surface area (Å²) in [6.45, 7) is 4.38. The predicted molar refractivity (Wildman–Crippen MR) is 57.0 cm³/mol. The largest absolute Gasteiger partial charge is 0.481 e. The number of rotatable bonds is 7. The van der Waals surface area contributed by atoms with Gasteiger partial charge in [0.05, 0.1) is 13.0 Å². The molecule has 15 heavy (non-hydrogen) atoms. The maximum Gasteiger partial charge on any atom is 0.304 e.